The van der Waals surface area contributed by atoms with Gasteiger partial charge in [-0.1, -0.05) is 34.1 Å². The largest absolute Gasteiger partial charge is 0.481 e. The van der Waals surface area contributed by atoms with Gasteiger partial charge >= 0.3 is 5.97 Å². The molecule has 1 saturated heterocycles. The lowest BCUT2D eigenvalue weighted by Crippen LogP contribution is -2.34. The van der Waals surface area contributed by atoms with Crippen molar-refractivity contribution in [3.05, 3.63) is 57.7 Å². The zero-order chi connectivity index (χ0) is 21.8. The standard InChI is InChI=1S/C24H28BrN3O3/c25-19-5-1-3-18(13-19)21(14-22(29)30)24(31)28-12-10-16(15-28)6-8-20-9-7-17-4-2-11-26-23(17)27-20/h1,3,5,7,9,13,16,21H,2,4,6,8,10-12,14-15H2,(H,26,27)(H,29,30)/t16-,21+/m1/s1. The molecule has 2 aliphatic heterocycles. The second-order valence-corrected chi connectivity index (χ2v) is 9.44. The molecular weight excluding hydrogens is 458 g/mol. The van der Waals surface area contributed by atoms with Crippen LogP contribution in [0.3, 0.4) is 0 Å². The molecule has 2 atom stereocenters. The summed E-state index contributed by atoms with van der Waals surface area (Å²) in [6, 6.07) is 11.7. The highest BCUT2D eigenvalue weighted by Gasteiger charge is 2.33. The molecule has 0 bridgehead atoms. The third kappa shape index (κ3) is 5.45. The number of carboxylic acid groups (broad SMARTS) is 1. The van der Waals surface area contributed by atoms with Gasteiger partial charge in [-0.3, -0.25) is 9.59 Å². The minimum absolute atomic E-state index is 0.0842. The van der Waals surface area contributed by atoms with E-state index in [2.05, 4.69) is 33.4 Å². The number of rotatable bonds is 7. The molecule has 6 nitrogen and oxygen atoms in total. The Labute approximate surface area is 191 Å². The van der Waals surface area contributed by atoms with Crippen molar-refractivity contribution in [2.45, 2.75) is 44.4 Å². The number of carbonyl (C=O) groups is 2. The molecule has 0 radical (unpaired) electrons. The van der Waals surface area contributed by atoms with Crippen molar-refractivity contribution in [2.75, 3.05) is 25.0 Å². The molecule has 1 fully saturated rings. The van der Waals surface area contributed by atoms with Gasteiger partial charge in [0.1, 0.15) is 5.82 Å². The summed E-state index contributed by atoms with van der Waals surface area (Å²) in [5, 5.41) is 12.7. The average Bonchev–Trinajstić information content (AvgIpc) is 3.24. The van der Waals surface area contributed by atoms with Crippen molar-refractivity contribution in [1.29, 1.82) is 0 Å². The smallest absolute Gasteiger partial charge is 0.304 e. The van der Waals surface area contributed by atoms with Crippen LogP contribution in [0.25, 0.3) is 0 Å². The van der Waals surface area contributed by atoms with Crippen LogP contribution >= 0.6 is 15.9 Å². The predicted molar refractivity (Wildman–Crippen MR) is 123 cm³/mol. The van der Waals surface area contributed by atoms with Crippen LogP contribution in [0.5, 0.6) is 0 Å². The molecule has 0 aliphatic carbocycles. The number of anilines is 1. The lowest BCUT2D eigenvalue weighted by atomic mass is 9.94. The molecule has 1 amide bonds. The van der Waals surface area contributed by atoms with Crippen LogP contribution in [0.15, 0.2) is 40.9 Å². The number of amides is 1. The molecule has 164 valence electrons. The Morgan fingerprint density at radius 2 is 2.16 bits per heavy atom. The number of hydrogen-bond donors (Lipinski definition) is 2. The Hall–Kier alpha value is -2.41. The second kappa shape index (κ2) is 9.81. The van der Waals surface area contributed by atoms with Gasteiger partial charge in [0.05, 0.1) is 12.3 Å². The first-order valence-electron chi connectivity index (χ1n) is 11.0. The minimum atomic E-state index is -0.957. The van der Waals surface area contributed by atoms with Crippen molar-refractivity contribution in [3.8, 4) is 0 Å². The lowest BCUT2D eigenvalue weighted by Gasteiger charge is -2.23. The normalized spacial score (nSPS) is 18.9. The topological polar surface area (TPSA) is 82.5 Å². The second-order valence-electron chi connectivity index (χ2n) is 8.52. The number of hydrogen-bond acceptors (Lipinski definition) is 4. The van der Waals surface area contributed by atoms with E-state index in [4.69, 9.17) is 4.98 Å². The minimum Gasteiger partial charge on any atom is -0.481 e. The summed E-state index contributed by atoms with van der Waals surface area (Å²) in [5.41, 5.74) is 3.14. The van der Waals surface area contributed by atoms with Gasteiger partial charge in [-0.2, -0.15) is 0 Å². The Kier molecular flexibility index (Phi) is 6.90. The van der Waals surface area contributed by atoms with Crippen LogP contribution in [0.1, 0.15) is 48.4 Å². The van der Waals surface area contributed by atoms with Crippen molar-refractivity contribution in [3.63, 3.8) is 0 Å². The molecule has 1 aromatic heterocycles. The number of benzene rings is 1. The highest BCUT2D eigenvalue weighted by atomic mass is 79.9. The molecule has 2 aliphatic rings. The number of carbonyl (C=O) groups excluding carboxylic acids is 1. The molecule has 3 heterocycles. The number of nitrogens with one attached hydrogen (secondary N) is 1. The average molecular weight is 486 g/mol. The molecule has 2 N–H and O–H groups in total. The molecule has 1 aromatic carbocycles. The first-order valence-corrected chi connectivity index (χ1v) is 11.8. The predicted octanol–water partition coefficient (Wildman–Crippen LogP) is 4.24. The number of halogens is 1. The summed E-state index contributed by atoms with van der Waals surface area (Å²) in [5.74, 6) is -0.248. The fourth-order valence-electron chi connectivity index (χ4n) is 4.59. The number of aromatic nitrogens is 1. The highest BCUT2D eigenvalue weighted by molar-refractivity contribution is 9.10. The zero-order valence-electron chi connectivity index (χ0n) is 17.5. The summed E-state index contributed by atoms with van der Waals surface area (Å²) in [4.78, 5) is 31.2. The molecule has 2 aromatic rings. The number of nitrogens with zero attached hydrogens (tertiary/aromatic N) is 2. The van der Waals surface area contributed by atoms with Gasteiger partial charge in [-0.25, -0.2) is 4.98 Å². The Bertz CT molecular complexity index is 965. The van der Waals surface area contributed by atoms with Crippen LogP contribution in [0.2, 0.25) is 0 Å². The van der Waals surface area contributed by atoms with Gasteiger partial charge in [0.25, 0.3) is 0 Å². The Balaban J connectivity index is 1.36. The fraction of sp³-hybridized carbons (Fsp3) is 0.458. The zero-order valence-corrected chi connectivity index (χ0v) is 19.1. The Morgan fingerprint density at radius 1 is 1.29 bits per heavy atom. The molecule has 31 heavy (non-hydrogen) atoms. The van der Waals surface area contributed by atoms with E-state index in [-0.39, 0.29) is 12.3 Å². The quantitative estimate of drug-likeness (QED) is 0.612. The summed E-state index contributed by atoms with van der Waals surface area (Å²) in [6.07, 6.45) is 4.88. The van der Waals surface area contributed by atoms with E-state index >= 15 is 0 Å². The van der Waals surface area contributed by atoms with E-state index < -0.39 is 11.9 Å². The monoisotopic (exact) mass is 485 g/mol. The van der Waals surface area contributed by atoms with Gasteiger partial charge in [-0.05, 0) is 67.3 Å². The molecule has 0 unspecified atom stereocenters. The van der Waals surface area contributed by atoms with E-state index in [0.717, 1.165) is 60.2 Å². The maximum atomic E-state index is 13.2. The number of aliphatic carboxylic acids is 1. The van der Waals surface area contributed by atoms with Crippen LogP contribution in [-0.4, -0.2) is 46.5 Å². The third-order valence-electron chi connectivity index (χ3n) is 6.29. The van der Waals surface area contributed by atoms with Crippen molar-refractivity contribution in [2.24, 2.45) is 5.92 Å². The maximum Gasteiger partial charge on any atom is 0.304 e. The van der Waals surface area contributed by atoms with E-state index in [9.17, 15) is 14.7 Å². The number of likely N-dealkylation sites (tertiary alicyclic amines) is 1. The van der Waals surface area contributed by atoms with Crippen LogP contribution in [-0.2, 0) is 22.4 Å². The summed E-state index contributed by atoms with van der Waals surface area (Å²) < 4.78 is 0.847. The van der Waals surface area contributed by atoms with Gasteiger partial charge in [-0.15, -0.1) is 0 Å². The summed E-state index contributed by atoms with van der Waals surface area (Å²) in [7, 11) is 0. The lowest BCUT2D eigenvalue weighted by molar-refractivity contribution is -0.141. The Morgan fingerprint density at radius 3 is 2.97 bits per heavy atom. The first-order chi connectivity index (χ1) is 15.0. The van der Waals surface area contributed by atoms with Crippen LogP contribution in [0, 0.1) is 5.92 Å². The van der Waals surface area contributed by atoms with Gasteiger partial charge < -0.3 is 15.3 Å². The van der Waals surface area contributed by atoms with Crippen molar-refractivity contribution in [1.82, 2.24) is 9.88 Å². The van der Waals surface area contributed by atoms with E-state index in [1.807, 2.05) is 29.2 Å². The fourth-order valence-corrected chi connectivity index (χ4v) is 5.01. The number of pyridine rings is 1. The summed E-state index contributed by atoms with van der Waals surface area (Å²) >= 11 is 3.42. The van der Waals surface area contributed by atoms with E-state index in [0.29, 0.717) is 19.0 Å². The van der Waals surface area contributed by atoms with E-state index in [1.165, 1.54) is 5.56 Å². The first kappa shape index (κ1) is 21.8. The van der Waals surface area contributed by atoms with Crippen molar-refractivity contribution < 1.29 is 14.7 Å². The van der Waals surface area contributed by atoms with Crippen molar-refractivity contribution >= 4 is 33.6 Å². The number of carboxylic acids is 1. The molecule has 4 rings (SSSR count). The van der Waals surface area contributed by atoms with Gasteiger partial charge in [0, 0.05) is 29.8 Å². The van der Waals surface area contributed by atoms with Crippen LogP contribution in [0.4, 0.5) is 5.82 Å². The molecule has 0 spiro atoms. The summed E-state index contributed by atoms with van der Waals surface area (Å²) in [6.45, 7) is 2.36. The number of fused-ring (bicyclic) bond motifs is 1. The van der Waals surface area contributed by atoms with Gasteiger partial charge in [0.15, 0.2) is 0 Å². The SMILES string of the molecule is O=C(O)C[C@H](C(=O)N1CC[C@@H](CCc2ccc3c(n2)NCCC3)C1)c1cccc(Br)c1. The van der Waals surface area contributed by atoms with Crippen LogP contribution < -0.4 is 5.32 Å². The van der Waals surface area contributed by atoms with E-state index in [1.54, 1.807) is 0 Å². The molecule has 0 saturated carbocycles. The number of aryl methyl sites for hydroxylation is 2. The maximum absolute atomic E-state index is 13.2. The highest BCUT2D eigenvalue weighted by Crippen LogP contribution is 2.29. The molecular formula is C24H28BrN3O3. The molecule has 7 heteroatoms. The van der Waals surface area contributed by atoms with Gasteiger partial charge in [0.2, 0.25) is 5.91 Å². The third-order valence-corrected chi connectivity index (χ3v) is 6.78.